The van der Waals surface area contributed by atoms with Gasteiger partial charge in [-0.1, -0.05) is 63.2 Å². The van der Waals surface area contributed by atoms with Crippen molar-refractivity contribution in [1.29, 1.82) is 0 Å². The summed E-state index contributed by atoms with van der Waals surface area (Å²) in [6.07, 6.45) is -1.66. The van der Waals surface area contributed by atoms with Crippen LogP contribution in [0.1, 0.15) is 37.6 Å². The van der Waals surface area contributed by atoms with E-state index < -0.39 is 6.36 Å². The number of amides is 2. The lowest BCUT2D eigenvalue weighted by Crippen LogP contribution is -2.34. The van der Waals surface area contributed by atoms with Crippen LogP contribution in [0, 0.1) is 12.3 Å². The molecular weight excluding hydrogens is 601 g/mol. The molecule has 0 aliphatic heterocycles. The van der Waals surface area contributed by atoms with Crippen LogP contribution in [0.3, 0.4) is 0 Å². The molecule has 2 heterocycles. The zero-order valence-electron chi connectivity index (χ0n) is 25.3. The molecule has 0 aliphatic carbocycles. The van der Waals surface area contributed by atoms with E-state index in [-0.39, 0.29) is 17.2 Å². The maximum Gasteiger partial charge on any atom is 0.573 e. The maximum atomic E-state index is 12.9. The van der Waals surface area contributed by atoms with Gasteiger partial charge in [-0.3, -0.25) is 4.57 Å². The zero-order valence-corrected chi connectivity index (χ0v) is 26.1. The number of alkyl halides is 3. The number of aromatic nitrogens is 4. The normalized spacial score (nSPS) is 12.4. The van der Waals surface area contributed by atoms with E-state index in [1.54, 1.807) is 0 Å². The average Bonchev–Trinajstić information content (AvgIpc) is 3.63. The van der Waals surface area contributed by atoms with Crippen molar-refractivity contribution in [3.63, 3.8) is 0 Å². The number of ether oxygens (including phenoxy) is 1. The molecule has 0 atom stereocenters. The molecule has 0 unspecified atom stereocenters. The highest BCUT2D eigenvalue weighted by Crippen LogP contribution is 2.26. The Bertz CT molecular complexity index is 1840. The van der Waals surface area contributed by atoms with E-state index in [9.17, 15) is 18.0 Å². The topological polar surface area (TPSA) is 86.3 Å². The number of rotatable bonds is 9. The summed E-state index contributed by atoms with van der Waals surface area (Å²) in [5, 5.41) is 9.44. The van der Waals surface area contributed by atoms with E-state index in [1.807, 2.05) is 59.3 Å². The number of nitrogens with one attached hydrogen (secondary N) is 1. The summed E-state index contributed by atoms with van der Waals surface area (Å²) in [6.45, 7) is 8.72. The van der Waals surface area contributed by atoms with Crippen LogP contribution in [0.15, 0.2) is 89.5 Å². The van der Waals surface area contributed by atoms with Gasteiger partial charge in [-0.15, -0.1) is 29.6 Å². The first-order valence-corrected chi connectivity index (χ1v) is 15.2. The molecule has 0 bridgehead atoms. The van der Waals surface area contributed by atoms with Gasteiger partial charge >= 0.3 is 12.4 Å². The van der Waals surface area contributed by atoms with Gasteiger partial charge in [0, 0.05) is 23.2 Å². The molecule has 1 N–H and O–H groups in total. The van der Waals surface area contributed by atoms with Crippen molar-refractivity contribution in [3.8, 4) is 28.5 Å². The van der Waals surface area contributed by atoms with Crippen LogP contribution in [0.2, 0.25) is 0 Å². The van der Waals surface area contributed by atoms with Crippen LogP contribution in [-0.2, 0) is 12.8 Å². The number of halogens is 3. The predicted octanol–water partition coefficient (Wildman–Crippen LogP) is 7.44. The van der Waals surface area contributed by atoms with Gasteiger partial charge in [-0.05, 0) is 66.6 Å². The van der Waals surface area contributed by atoms with Gasteiger partial charge in [0.1, 0.15) is 12.1 Å². The number of carbonyl (C=O) groups excluding carboxylic acids is 1. The summed E-state index contributed by atoms with van der Waals surface area (Å²) in [4.78, 5) is 22.3. The SMILES string of the molecule is CCc1ccccc1-n1c(C)cs/c1=N\C(=O)NCC(C)(C)Cc1ccc(-c2ncn(-c3ccc(OC(F)(F)F)cc3)n2)cc1. The Morgan fingerprint density at radius 1 is 1.02 bits per heavy atom. The van der Waals surface area contributed by atoms with Crippen LogP contribution in [0.5, 0.6) is 5.75 Å². The number of benzene rings is 3. The van der Waals surface area contributed by atoms with E-state index in [2.05, 4.69) is 52.0 Å². The number of carbonyl (C=O) groups is 1. The Balaban J connectivity index is 1.20. The quantitative estimate of drug-likeness (QED) is 0.183. The summed E-state index contributed by atoms with van der Waals surface area (Å²) < 4.78 is 44.7. The molecule has 0 saturated heterocycles. The minimum Gasteiger partial charge on any atom is -0.406 e. The third kappa shape index (κ3) is 8.07. The van der Waals surface area contributed by atoms with Crippen LogP contribution in [0.4, 0.5) is 18.0 Å². The lowest BCUT2D eigenvalue weighted by Gasteiger charge is -2.24. The molecule has 0 spiro atoms. The number of aryl methyl sites for hydroxylation is 2. The van der Waals surface area contributed by atoms with Gasteiger partial charge in [0.2, 0.25) is 0 Å². The second kappa shape index (κ2) is 13.1. The largest absolute Gasteiger partial charge is 0.573 e. The Morgan fingerprint density at radius 2 is 1.73 bits per heavy atom. The van der Waals surface area contributed by atoms with E-state index in [0.29, 0.717) is 29.3 Å². The zero-order chi connectivity index (χ0) is 32.2. The van der Waals surface area contributed by atoms with Gasteiger partial charge in [0.15, 0.2) is 10.6 Å². The number of nitrogens with zero attached hydrogens (tertiary/aromatic N) is 5. The first kappa shape index (κ1) is 31.7. The number of urea groups is 1. The van der Waals surface area contributed by atoms with E-state index in [0.717, 1.165) is 28.9 Å². The fourth-order valence-corrected chi connectivity index (χ4v) is 5.80. The van der Waals surface area contributed by atoms with Crippen LogP contribution in [-0.4, -0.2) is 38.3 Å². The van der Waals surface area contributed by atoms with Crippen molar-refractivity contribution >= 4 is 17.4 Å². The van der Waals surface area contributed by atoms with E-state index in [4.69, 9.17) is 0 Å². The van der Waals surface area contributed by atoms with E-state index >= 15 is 0 Å². The van der Waals surface area contributed by atoms with Crippen molar-refractivity contribution < 1.29 is 22.7 Å². The molecule has 45 heavy (non-hydrogen) atoms. The summed E-state index contributed by atoms with van der Waals surface area (Å²) in [6, 6.07) is 21.0. The van der Waals surface area contributed by atoms with Gasteiger partial charge in [-0.2, -0.15) is 4.99 Å². The molecule has 0 saturated carbocycles. The minimum absolute atomic E-state index is 0.245. The molecule has 0 fully saturated rings. The lowest BCUT2D eigenvalue weighted by atomic mass is 9.85. The predicted molar refractivity (Wildman–Crippen MR) is 168 cm³/mol. The Kier molecular flexibility index (Phi) is 9.24. The molecular formula is C33H33F3N6O2S. The second-order valence-corrected chi connectivity index (χ2v) is 12.2. The van der Waals surface area contributed by atoms with Gasteiger partial charge in [-0.25, -0.2) is 14.5 Å². The number of thiazole rings is 1. The fraction of sp³-hybridized carbons (Fsp3) is 0.273. The Labute approximate surface area is 262 Å². The van der Waals surface area contributed by atoms with Crippen LogP contribution in [0.25, 0.3) is 22.8 Å². The van der Waals surface area contributed by atoms with Crippen molar-refractivity contribution in [3.05, 3.63) is 106 Å². The third-order valence-corrected chi connectivity index (χ3v) is 8.07. The highest BCUT2D eigenvalue weighted by Gasteiger charge is 2.31. The number of para-hydroxylation sites is 1. The van der Waals surface area contributed by atoms with Crippen LogP contribution < -0.4 is 14.9 Å². The molecule has 234 valence electrons. The second-order valence-electron chi connectivity index (χ2n) is 11.3. The van der Waals surface area contributed by atoms with E-state index in [1.165, 1.54) is 52.2 Å². The summed E-state index contributed by atoms with van der Waals surface area (Å²) in [7, 11) is 0. The minimum atomic E-state index is -4.75. The average molecular weight is 635 g/mol. The Morgan fingerprint density at radius 3 is 2.42 bits per heavy atom. The summed E-state index contributed by atoms with van der Waals surface area (Å²) >= 11 is 1.44. The monoisotopic (exact) mass is 634 g/mol. The summed E-state index contributed by atoms with van der Waals surface area (Å²) in [5.74, 6) is 0.172. The highest BCUT2D eigenvalue weighted by atomic mass is 32.1. The number of hydrogen-bond acceptors (Lipinski definition) is 5. The third-order valence-electron chi connectivity index (χ3n) is 7.13. The maximum absolute atomic E-state index is 12.9. The number of hydrogen-bond donors (Lipinski definition) is 1. The molecule has 5 rings (SSSR count). The molecule has 12 heteroatoms. The fourth-order valence-electron chi connectivity index (χ4n) is 4.94. The first-order chi connectivity index (χ1) is 21.4. The van der Waals surface area contributed by atoms with Gasteiger partial charge < -0.3 is 10.1 Å². The first-order valence-electron chi connectivity index (χ1n) is 14.4. The van der Waals surface area contributed by atoms with Crippen LogP contribution >= 0.6 is 11.3 Å². The van der Waals surface area contributed by atoms with Crippen molar-refractivity contribution in [1.82, 2.24) is 24.6 Å². The Hall–Kier alpha value is -4.71. The summed E-state index contributed by atoms with van der Waals surface area (Å²) in [5.41, 5.74) is 5.41. The molecule has 5 aromatic rings. The highest BCUT2D eigenvalue weighted by molar-refractivity contribution is 7.07. The smallest absolute Gasteiger partial charge is 0.406 e. The molecule has 3 aromatic carbocycles. The van der Waals surface area contributed by atoms with Crippen molar-refractivity contribution in [2.45, 2.75) is 46.9 Å². The molecule has 8 nitrogen and oxygen atoms in total. The molecule has 0 aliphatic rings. The van der Waals surface area contributed by atoms with Crippen molar-refractivity contribution in [2.75, 3.05) is 6.54 Å². The molecule has 2 aromatic heterocycles. The molecule has 0 radical (unpaired) electrons. The van der Waals surface area contributed by atoms with Gasteiger partial charge in [0.25, 0.3) is 0 Å². The van der Waals surface area contributed by atoms with Crippen molar-refractivity contribution in [2.24, 2.45) is 10.4 Å². The van der Waals surface area contributed by atoms with Gasteiger partial charge in [0.05, 0.1) is 11.4 Å². The lowest BCUT2D eigenvalue weighted by molar-refractivity contribution is -0.274. The standard InChI is InChI=1S/C33H33F3N6O2S/c1-5-24-8-6-7-9-28(24)42-22(2)19-45-31(42)39-30(43)37-20-32(3,4)18-23-10-12-25(13-11-23)29-38-21-41(40-29)26-14-16-27(17-15-26)44-33(34,35)36/h6-17,19,21H,5,18,20H2,1-4H3,(H,37,43)/b39-31-. The molecule has 2 amide bonds.